The van der Waals surface area contributed by atoms with Crippen LogP contribution in [0.25, 0.3) is 5.82 Å². The maximum atomic E-state index is 13.1. The summed E-state index contributed by atoms with van der Waals surface area (Å²) in [5.41, 5.74) is 11.8. The zero-order chi connectivity index (χ0) is 28.6. The number of ether oxygens (including phenoxy) is 2. The normalized spacial score (nSPS) is 11.3. The molecule has 2 aromatic heterocycles. The van der Waals surface area contributed by atoms with E-state index < -0.39 is 5.91 Å². The predicted octanol–water partition coefficient (Wildman–Crippen LogP) is 3.50. The fourth-order valence-corrected chi connectivity index (χ4v) is 4.46. The van der Waals surface area contributed by atoms with E-state index in [9.17, 15) is 4.79 Å². The average molecular weight is 612 g/mol. The van der Waals surface area contributed by atoms with Crippen LogP contribution in [0.5, 0.6) is 11.5 Å². The van der Waals surface area contributed by atoms with Gasteiger partial charge in [-0.3, -0.25) is 9.69 Å². The van der Waals surface area contributed by atoms with Crippen molar-refractivity contribution in [2.24, 2.45) is 5.10 Å². The van der Waals surface area contributed by atoms with E-state index in [0.29, 0.717) is 40.4 Å². The number of rotatable bonds is 12. The molecule has 0 aliphatic rings. The third-order valence-electron chi connectivity index (χ3n) is 6.21. The first-order valence-electron chi connectivity index (χ1n) is 12.5. The van der Waals surface area contributed by atoms with Gasteiger partial charge in [-0.15, -0.1) is 5.10 Å². The molecule has 1 amide bonds. The second-order valence-electron chi connectivity index (χ2n) is 8.68. The predicted molar refractivity (Wildman–Crippen MR) is 152 cm³/mol. The van der Waals surface area contributed by atoms with Gasteiger partial charge >= 0.3 is 0 Å². The van der Waals surface area contributed by atoms with Crippen molar-refractivity contribution in [1.82, 2.24) is 35.6 Å². The summed E-state index contributed by atoms with van der Waals surface area (Å²) in [6, 6.07) is 11.6. The van der Waals surface area contributed by atoms with Crippen LogP contribution in [0.1, 0.15) is 46.7 Å². The molecule has 0 radical (unpaired) electrons. The van der Waals surface area contributed by atoms with Crippen molar-refractivity contribution >= 4 is 33.9 Å². The summed E-state index contributed by atoms with van der Waals surface area (Å²) in [6.45, 7) is 8.30. The lowest BCUT2D eigenvalue weighted by molar-refractivity contribution is 0.0948. The largest absolute Gasteiger partial charge is 0.493 e. The number of methoxy groups -OCH3 is 1. The Kier molecular flexibility index (Phi) is 9.45. The molecule has 0 atom stereocenters. The number of nitrogens with two attached hydrogens (primary N) is 1. The van der Waals surface area contributed by atoms with Gasteiger partial charge in [0.15, 0.2) is 17.2 Å². The Morgan fingerprint density at radius 3 is 2.70 bits per heavy atom. The first kappa shape index (κ1) is 28.7. The van der Waals surface area contributed by atoms with Crippen molar-refractivity contribution in [3.8, 4) is 17.3 Å². The number of aryl methyl sites for hydroxylation is 1. The lowest BCUT2D eigenvalue weighted by Crippen LogP contribution is -2.27. The molecule has 0 fully saturated rings. The van der Waals surface area contributed by atoms with Gasteiger partial charge in [-0.05, 0) is 75.1 Å². The number of hydrazone groups is 1. The molecular formula is C26H30BrN9O4. The molecule has 14 heteroatoms. The van der Waals surface area contributed by atoms with E-state index in [1.807, 2.05) is 51.1 Å². The van der Waals surface area contributed by atoms with E-state index in [2.05, 4.69) is 52.0 Å². The molecule has 3 N–H and O–H groups in total. The van der Waals surface area contributed by atoms with Crippen LogP contribution in [-0.2, 0) is 13.2 Å². The van der Waals surface area contributed by atoms with Crippen LogP contribution in [0.2, 0.25) is 0 Å². The fourth-order valence-electron chi connectivity index (χ4n) is 3.88. The van der Waals surface area contributed by atoms with Gasteiger partial charge < -0.3 is 15.2 Å². The monoisotopic (exact) mass is 611 g/mol. The molecule has 4 rings (SSSR count). The Bertz CT molecular complexity index is 1500. The maximum absolute atomic E-state index is 13.1. The molecule has 0 bridgehead atoms. The summed E-state index contributed by atoms with van der Waals surface area (Å²) in [4.78, 5) is 15.2. The highest BCUT2D eigenvalue weighted by molar-refractivity contribution is 9.10. The van der Waals surface area contributed by atoms with E-state index >= 15 is 0 Å². The van der Waals surface area contributed by atoms with Crippen LogP contribution in [-0.4, -0.2) is 62.5 Å². The SMILES string of the molecule is CCN(CC)Cc1c(C(=O)N/N=C\c2cc(Br)c(OCc3ccccc3C)c(OC)c2)nnn1-c1nonc1N. The van der Waals surface area contributed by atoms with Crippen LogP contribution in [0, 0.1) is 6.92 Å². The molecular weight excluding hydrogens is 582 g/mol. The highest BCUT2D eigenvalue weighted by Crippen LogP contribution is 2.37. The number of carbonyl (C=O) groups excluding carboxylic acids is 1. The third kappa shape index (κ3) is 6.46. The number of nitrogens with one attached hydrogen (secondary N) is 1. The van der Waals surface area contributed by atoms with Gasteiger partial charge in [0.2, 0.25) is 11.6 Å². The molecule has 0 aliphatic carbocycles. The summed E-state index contributed by atoms with van der Waals surface area (Å²) in [6.07, 6.45) is 1.49. The summed E-state index contributed by atoms with van der Waals surface area (Å²) < 4.78 is 18.3. The Morgan fingerprint density at radius 2 is 2.02 bits per heavy atom. The molecule has 4 aromatic rings. The summed E-state index contributed by atoms with van der Waals surface area (Å²) in [7, 11) is 1.56. The quantitative estimate of drug-likeness (QED) is 0.179. The smallest absolute Gasteiger partial charge is 0.293 e. The van der Waals surface area contributed by atoms with Crippen molar-refractivity contribution in [3.05, 3.63) is 68.9 Å². The van der Waals surface area contributed by atoms with Gasteiger partial charge in [-0.1, -0.05) is 43.3 Å². The van der Waals surface area contributed by atoms with Crippen LogP contribution < -0.4 is 20.6 Å². The minimum absolute atomic E-state index is 0.0292. The van der Waals surface area contributed by atoms with Gasteiger partial charge in [-0.25, -0.2) is 10.1 Å². The van der Waals surface area contributed by atoms with E-state index in [1.54, 1.807) is 13.2 Å². The standard InChI is InChI=1S/C26H30BrN9O4/c1-5-35(6-2)14-20-22(30-34-36(20)25-24(28)32-40-33-25)26(37)31-29-13-17-11-19(27)23(21(12-17)38-4)39-15-18-10-8-7-9-16(18)3/h7-13H,5-6,14-15H2,1-4H3,(H2,28,32)(H,31,37)/b29-13-. The summed E-state index contributed by atoms with van der Waals surface area (Å²) >= 11 is 3.55. The minimum atomic E-state index is -0.552. The second kappa shape index (κ2) is 13.2. The number of anilines is 1. The molecule has 0 saturated carbocycles. The molecule has 2 aromatic carbocycles. The number of carbonyl (C=O) groups is 1. The molecule has 13 nitrogen and oxygen atoms in total. The minimum Gasteiger partial charge on any atom is -0.493 e. The molecule has 0 aliphatic heterocycles. The molecule has 0 unspecified atom stereocenters. The van der Waals surface area contributed by atoms with Crippen molar-refractivity contribution in [2.75, 3.05) is 25.9 Å². The Balaban J connectivity index is 1.51. The number of hydrogen-bond acceptors (Lipinski definition) is 11. The zero-order valence-corrected chi connectivity index (χ0v) is 24.2. The first-order valence-corrected chi connectivity index (χ1v) is 13.3. The Hall–Kier alpha value is -4.30. The van der Waals surface area contributed by atoms with E-state index in [1.165, 1.54) is 10.9 Å². The number of nitrogen functional groups attached to an aromatic ring is 1. The van der Waals surface area contributed by atoms with E-state index in [0.717, 1.165) is 24.2 Å². The number of benzene rings is 2. The first-order chi connectivity index (χ1) is 19.4. The number of aromatic nitrogens is 5. The van der Waals surface area contributed by atoms with Crippen LogP contribution in [0.4, 0.5) is 5.82 Å². The van der Waals surface area contributed by atoms with E-state index in [4.69, 9.17) is 19.8 Å². The lowest BCUT2D eigenvalue weighted by atomic mass is 10.1. The number of nitrogens with zero attached hydrogens (tertiary/aromatic N) is 7. The van der Waals surface area contributed by atoms with Crippen molar-refractivity contribution in [3.63, 3.8) is 0 Å². The zero-order valence-electron chi connectivity index (χ0n) is 22.6. The average Bonchev–Trinajstić information content (AvgIpc) is 3.56. The Morgan fingerprint density at radius 1 is 1.25 bits per heavy atom. The molecule has 2 heterocycles. The maximum Gasteiger partial charge on any atom is 0.293 e. The van der Waals surface area contributed by atoms with Gasteiger partial charge in [-0.2, -0.15) is 9.78 Å². The highest BCUT2D eigenvalue weighted by atomic mass is 79.9. The highest BCUT2D eigenvalue weighted by Gasteiger charge is 2.25. The number of hydrogen-bond donors (Lipinski definition) is 2. The molecule has 40 heavy (non-hydrogen) atoms. The van der Waals surface area contributed by atoms with Crippen LogP contribution in [0.15, 0.2) is 50.6 Å². The lowest BCUT2D eigenvalue weighted by Gasteiger charge is -2.18. The fraction of sp³-hybridized carbons (Fsp3) is 0.308. The molecule has 0 saturated heterocycles. The van der Waals surface area contributed by atoms with E-state index in [-0.39, 0.29) is 17.3 Å². The number of amides is 1. The summed E-state index contributed by atoms with van der Waals surface area (Å²) in [5.74, 6) is 0.703. The van der Waals surface area contributed by atoms with Crippen molar-refractivity contribution < 1.29 is 18.9 Å². The molecule has 210 valence electrons. The van der Waals surface area contributed by atoms with Gasteiger partial charge in [0.05, 0.1) is 23.5 Å². The van der Waals surface area contributed by atoms with Gasteiger partial charge in [0, 0.05) is 6.54 Å². The second-order valence-corrected chi connectivity index (χ2v) is 9.53. The van der Waals surface area contributed by atoms with Crippen LogP contribution >= 0.6 is 15.9 Å². The molecule has 0 spiro atoms. The van der Waals surface area contributed by atoms with Crippen LogP contribution in [0.3, 0.4) is 0 Å². The van der Waals surface area contributed by atoms with Crippen molar-refractivity contribution in [1.29, 1.82) is 0 Å². The third-order valence-corrected chi connectivity index (χ3v) is 6.80. The summed E-state index contributed by atoms with van der Waals surface area (Å²) in [5, 5.41) is 19.6. The topological polar surface area (TPSA) is 159 Å². The Labute approximate surface area is 239 Å². The van der Waals surface area contributed by atoms with Gasteiger partial charge in [0.25, 0.3) is 5.91 Å². The van der Waals surface area contributed by atoms with Gasteiger partial charge in [0.1, 0.15) is 6.61 Å². The number of halogens is 1. The van der Waals surface area contributed by atoms with Crippen molar-refractivity contribution in [2.45, 2.75) is 33.9 Å².